The number of anilines is 1. The molecule has 0 spiro atoms. The van der Waals surface area contributed by atoms with Crippen LogP contribution in [0.25, 0.3) is 0 Å². The summed E-state index contributed by atoms with van der Waals surface area (Å²) in [5.74, 6) is -0.491. The third kappa shape index (κ3) is 2.17. The summed E-state index contributed by atoms with van der Waals surface area (Å²) in [5.41, 5.74) is 11.9. The van der Waals surface area contributed by atoms with E-state index in [1.807, 2.05) is 0 Å². The fraction of sp³-hybridized carbons (Fsp3) is 0. The minimum atomic E-state index is -0.491. The highest BCUT2D eigenvalue weighted by molar-refractivity contribution is 7.99. The zero-order valence-electron chi connectivity index (χ0n) is 8.21. The van der Waals surface area contributed by atoms with Gasteiger partial charge in [0.1, 0.15) is 6.26 Å². The zero-order chi connectivity index (χ0) is 11.5. The number of carbonyl (C=O) groups excluding carboxylic acids is 1. The van der Waals surface area contributed by atoms with Gasteiger partial charge in [0.05, 0.1) is 6.20 Å². The predicted molar refractivity (Wildman–Crippen MR) is 60.0 cm³/mol. The second-order valence-electron chi connectivity index (χ2n) is 3.02. The molecule has 82 valence electrons. The number of primary amides is 1. The number of benzene rings is 1. The molecule has 0 radical (unpaired) electrons. The van der Waals surface area contributed by atoms with Gasteiger partial charge in [-0.2, -0.15) is 0 Å². The minimum absolute atomic E-state index is 0.406. The summed E-state index contributed by atoms with van der Waals surface area (Å²) in [4.78, 5) is 15.6. The van der Waals surface area contributed by atoms with Crippen LogP contribution in [0.5, 0.6) is 0 Å². The lowest BCUT2D eigenvalue weighted by molar-refractivity contribution is 0.1000. The molecule has 1 aromatic carbocycles. The van der Waals surface area contributed by atoms with Gasteiger partial charge in [-0.3, -0.25) is 4.79 Å². The number of nitrogens with two attached hydrogens (primary N) is 2. The monoisotopic (exact) mass is 235 g/mol. The van der Waals surface area contributed by atoms with Crippen molar-refractivity contribution in [2.75, 3.05) is 5.73 Å². The molecule has 2 rings (SSSR count). The maximum absolute atomic E-state index is 11.0. The van der Waals surface area contributed by atoms with Crippen LogP contribution in [0.3, 0.4) is 0 Å². The van der Waals surface area contributed by atoms with Crippen molar-refractivity contribution in [3.63, 3.8) is 0 Å². The molecule has 0 aliphatic rings. The van der Waals surface area contributed by atoms with Crippen molar-refractivity contribution in [3.05, 3.63) is 36.2 Å². The summed E-state index contributed by atoms with van der Waals surface area (Å²) in [6.07, 6.45) is 3.01. The van der Waals surface area contributed by atoms with E-state index in [4.69, 9.17) is 15.9 Å². The number of nitrogens with zero attached hydrogens (tertiary/aromatic N) is 1. The molecule has 0 atom stereocenters. The third-order valence-electron chi connectivity index (χ3n) is 1.91. The van der Waals surface area contributed by atoms with Gasteiger partial charge in [0, 0.05) is 16.1 Å². The number of amides is 1. The van der Waals surface area contributed by atoms with Crippen molar-refractivity contribution in [3.8, 4) is 0 Å². The van der Waals surface area contributed by atoms with E-state index in [0.29, 0.717) is 21.4 Å². The number of aromatic nitrogens is 1. The van der Waals surface area contributed by atoms with E-state index in [9.17, 15) is 4.79 Å². The number of oxazole rings is 1. The van der Waals surface area contributed by atoms with Crippen molar-refractivity contribution in [2.45, 2.75) is 10.1 Å². The van der Waals surface area contributed by atoms with E-state index in [2.05, 4.69) is 4.98 Å². The molecule has 4 N–H and O–H groups in total. The highest BCUT2D eigenvalue weighted by Crippen LogP contribution is 2.31. The van der Waals surface area contributed by atoms with E-state index >= 15 is 0 Å². The first-order valence-electron chi connectivity index (χ1n) is 4.43. The van der Waals surface area contributed by atoms with Gasteiger partial charge in [-0.1, -0.05) is 0 Å². The number of hydrogen-bond acceptors (Lipinski definition) is 5. The van der Waals surface area contributed by atoms with E-state index in [1.165, 1.54) is 24.2 Å². The van der Waals surface area contributed by atoms with Gasteiger partial charge < -0.3 is 15.9 Å². The van der Waals surface area contributed by atoms with Crippen LogP contribution in [-0.4, -0.2) is 10.9 Å². The van der Waals surface area contributed by atoms with Crippen LogP contribution in [0.4, 0.5) is 5.69 Å². The Hall–Kier alpha value is -1.95. The average Bonchev–Trinajstić information content (AvgIpc) is 2.73. The molecule has 0 fully saturated rings. The van der Waals surface area contributed by atoms with Crippen molar-refractivity contribution < 1.29 is 9.21 Å². The van der Waals surface area contributed by atoms with Gasteiger partial charge in [-0.15, -0.1) is 0 Å². The first kappa shape index (κ1) is 10.6. The van der Waals surface area contributed by atoms with E-state index in [1.54, 1.807) is 18.2 Å². The molecule has 2 aromatic rings. The maximum atomic E-state index is 11.0. The van der Waals surface area contributed by atoms with Crippen LogP contribution in [0.2, 0.25) is 0 Å². The fourth-order valence-corrected chi connectivity index (χ4v) is 1.91. The van der Waals surface area contributed by atoms with Crippen LogP contribution in [0.15, 0.2) is 45.2 Å². The third-order valence-corrected chi connectivity index (χ3v) is 2.85. The van der Waals surface area contributed by atoms with Crippen molar-refractivity contribution in [1.29, 1.82) is 0 Å². The van der Waals surface area contributed by atoms with Gasteiger partial charge in [0.25, 0.3) is 5.22 Å². The first-order chi connectivity index (χ1) is 7.66. The number of carbonyl (C=O) groups is 1. The van der Waals surface area contributed by atoms with Crippen LogP contribution < -0.4 is 11.5 Å². The molecule has 6 heteroatoms. The average molecular weight is 235 g/mol. The SMILES string of the molecule is NC(=O)c1ccc(N)c(Sc2ncco2)c1. The van der Waals surface area contributed by atoms with Gasteiger partial charge in [0.2, 0.25) is 5.91 Å². The van der Waals surface area contributed by atoms with E-state index < -0.39 is 5.91 Å². The highest BCUT2D eigenvalue weighted by atomic mass is 32.2. The molecule has 0 aliphatic carbocycles. The van der Waals surface area contributed by atoms with Crippen molar-refractivity contribution in [2.24, 2.45) is 5.73 Å². The molecule has 0 aliphatic heterocycles. The molecule has 1 amide bonds. The molecule has 0 bridgehead atoms. The Balaban J connectivity index is 2.32. The molecule has 0 saturated carbocycles. The summed E-state index contributed by atoms with van der Waals surface area (Å²) in [6, 6.07) is 4.83. The standard InChI is InChI=1S/C10H9N3O2S/c11-7-2-1-6(9(12)14)5-8(7)16-10-13-3-4-15-10/h1-5H,11H2,(H2,12,14). The molecule has 1 heterocycles. The van der Waals surface area contributed by atoms with E-state index in [0.717, 1.165) is 0 Å². The van der Waals surface area contributed by atoms with Gasteiger partial charge >= 0.3 is 0 Å². The molecular formula is C10H9N3O2S. The lowest BCUT2D eigenvalue weighted by atomic mass is 10.2. The van der Waals surface area contributed by atoms with Crippen LogP contribution in [-0.2, 0) is 0 Å². The number of rotatable bonds is 3. The lowest BCUT2D eigenvalue weighted by Crippen LogP contribution is -2.11. The van der Waals surface area contributed by atoms with Crippen LogP contribution >= 0.6 is 11.8 Å². The first-order valence-corrected chi connectivity index (χ1v) is 5.25. The van der Waals surface area contributed by atoms with Gasteiger partial charge in [-0.25, -0.2) is 4.98 Å². The summed E-state index contributed by atoms with van der Waals surface area (Å²) >= 11 is 1.24. The van der Waals surface area contributed by atoms with Crippen LogP contribution in [0, 0.1) is 0 Å². The smallest absolute Gasteiger partial charge is 0.260 e. The Labute approximate surface area is 95.8 Å². The Morgan fingerprint density at radius 3 is 2.88 bits per heavy atom. The molecule has 0 saturated heterocycles. The Kier molecular flexibility index (Phi) is 2.82. The Morgan fingerprint density at radius 2 is 2.25 bits per heavy atom. The van der Waals surface area contributed by atoms with Gasteiger partial charge in [-0.05, 0) is 30.0 Å². The summed E-state index contributed by atoms with van der Waals surface area (Å²) in [6.45, 7) is 0. The summed E-state index contributed by atoms with van der Waals surface area (Å²) in [7, 11) is 0. The lowest BCUT2D eigenvalue weighted by Gasteiger charge is -2.04. The normalized spacial score (nSPS) is 10.2. The topological polar surface area (TPSA) is 95.1 Å². The fourth-order valence-electron chi connectivity index (χ4n) is 1.13. The van der Waals surface area contributed by atoms with Crippen LogP contribution in [0.1, 0.15) is 10.4 Å². The van der Waals surface area contributed by atoms with Crippen molar-refractivity contribution in [1.82, 2.24) is 4.98 Å². The van der Waals surface area contributed by atoms with Gasteiger partial charge in [0.15, 0.2) is 0 Å². The zero-order valence-corrected chi connectivity index (χ0v) is 9.03. The summed E-state index contributed by atoms with van der Waals surface area (Å²) < 4.78 is 5.07. The Bertz CT molecular complexity index is 511. The second kappa shape index (κ2) is 4.28. The molecule has 5 nitrogen and oxygen atoms in total. The highest BCUT2D eigenvalue weighted by Gasteiger charge is 2.08. The number of hydrogen-bond donors (Lipinski definition) is 2. The van der Waals surface area contributed by atoms with E-state index in [-0.39, 0.29) is 0 Å². The Morgan fingerprint density at radius 1 is 1.44 bits per heavy atom. The molecule has 16 heavy (non-hydrogen) atoms. The summed E-state index contributed by atoms with van der Waals surface area (Å²) in [5, 5.41) is 0.466. The maximum Gasteiger partial charge on any atom is 0.260 e. The molecule has 0 unspecified atom stereocenters. The molecule has 1 aromatic heterocycles. The second-order valence-corrected chi connectivity index (χ2v) is 4.01. The largest absolute Gasteiger partial charge is 0.440 e. The molecular weight excluding hydrogens is 226 g/mol. The number of nitrogen functional groups attached to an aromatic ring is 1. The van der Waals surface area contributed by atoms with Crippen molar-refractivity contribution >= 4 is 23.4 Å². The quantitative estimate of drug-likeness (QED) is 0.786. The minimum Gasteiger partial charge on any atom is -0.440 e. The predicted octanol–water partition coefficient (Wildman–Crippen LogP) is 1.51.